The third-order valence-corrected chi connectivity index (χ3v) is 6.41. The van der Waals surface area contributed by atoms with E-state index < -0.39 is 11.8 Å². The molecule has 1 atom stereocenters. The zero-order chi connectivity index (χ0) is 24.9. The van der Waals surface area contributed by atoms with E-state index in [4.69, 9.17) is 15.2 Å². The van der Waals surface area contributed by atoms with E-state index in [1.807, 2.05) is 38.1 Å². The molecule has 0 bridgehead atoms. The van der Waals surface area contributed by atoms with Crippen molar-refractivity contribution >= 4 is 29.4 Å². The number of primary amides is 1. The fourth-order valence-corrected chi connectivity index (χ4v) is 4.63. The minimum absolute atomic E-state index is 0.0840. The Morgan fingerprint density at radius 3 is 2.63 bits per heavy atom. The van der Waals surface area contributed by atoms with Gasteiger partial charge in [-0.25, -0.2) is 4.98 Å². The van der Waals surface area contributed by atoms with Crippen LogP contribution in [0.4, 0.5) is 5.82 Å². The molecule has 1 aromatic heterocycles. The van der Waals surface area contributed by atoms with Crippen molar-refractivity contribution in [2.24, 2.45) is 5.73 Å². The molecule has 0 spiro atoms. The molecular formula is C25H26N4O5S. The monoisotopic (exact) mass is 494 g/mol. The summed E-state index contributed by atoms with van der Waals surface area (Å²) in [7, 11) is 0. The van der Waals surface area contributed by atoms with Crippen molar-refractivity contribution < 1.29 is 19.1 Å². The van der Waals surface area contributed by atoms with Gasteiger partial charge >= 0.3 is 0 Å². The molecule has 0 saturated carbocycles. The number of carbonyl (C=O) groups is 2. The zero-order valence-corrected chi connectivity index (χ0v) is 20.2. The number of anilines is 1. The molecule has 0 unspecified atom stereocenters. The van der Waals surface area contributed by atoms with Crippen LogP contribution in [-0.4, -0.2) is 35.0 Å². The molecule has 182 valence electrons. The number of fused-ring (bicyclic) bond motifs is 1. The summed E-state index contributed by atoms with van der Waals surface area (Å²) in [5.74, 6) is 0.275. The first-order valence-electron chi connectivity index (χ1n) is 11.1. The lowest BCUT2D eigenvalue weighted by atomic mass is 9.86. The van der Waals surface area contributed by atoms with Gasteiger partial charge in [-0.05, 0) is 37.1 Å². The highest BCUT2D eigenvalue weighted by Crippen LogP contribution is 2.38. The molecule has 1 aliphatic rings. The number of hydrogen-bond acceptors (Lipinski definition) is 7. The highest BCUT2D eigenvalue weighted by molar-refractivity contribution is 7.98. The van der Waals surface area contributed by atoms with Crippen molar-refractivity contribution in [1.29, 1.82) is 0 Å². The number of H-pyrrole nitrogens is 1. The number of aromatic nitrogens is 2. The average molecular weight is 495 g/mol. The van der Waals surface area contributed by atoms with Crippen molar-refractivity contribution in [3.05, 3.63) is 75.1 Å². The lowest BCUT2D eigenvalue weighted by Crippen LogP contribution is -2.31. The number of hydrogen-bond donors (Lipinski definition) is 3. The van der Waals surface area contributed by atoms with Crippen LogP contribution in [0.5, 0.6) is 11.5 Å². The number of nitrogens with zero attached hydrogens (tertiary/aromatic N) is 1. The highest BCUT2D eigenvalue weighted by Gasteiger charge is 2.31. The Bertz CT molecular complexity index is 1310. The van der Waals surface area contributed by atoms with Gasteiger partial charge in [0.2, 0.25) is 5.91 Å². The Labute approximate surface area is 206 Å². The first-order valence-corrected chi connectivity index (χ1v) is 12.1. The third kappa shape index (κ3) is 5.83. The third-order valence-electron chi connectivity index (χ3n) is 5.47. The van der Waals surface area contributed by atoms with Crippen LogP contribution >= 0.6 is 11.8 Å². The number of nitrogens with one attached hydrogen (secondary N) is 2. The van der Waals surface area contributed by atoms with Gasteiger partial charge in [-0.15, -0.1) is 0 Å². The Morgan fingerprint density at radius 1 is 1.14 bits per heavy atom. The van der Waals surface area contributed by atoms with Gasteiger partial charge in [0.15, 0.2) is 23.3 Å². The number of aromatic amines is 1. The average Bonchev–Trinajstić information content (AvgIpc) is 2.82. The molecule has 2 aromatic carbocycles. The normalized spacial score (nSPS) is 14.7. The van der Waals surface area contributed by atoms with E-state index in [0.717, 1.165) is 5.56 Å². The number of rotatable bonds is 9. The molecule has 9 nitrogen and oxygen atoms in total. The summed E-state index contributed by atoms with van der Waals surface area (Å²) in [6.07, 6.45) is 0.0840. The minimum Gasteiger partial charge on any atom is -0.490 e. The number of nitrogens with two attached hydrogens (primary N) is 1. The van der Waals surface area contributed by atoms with Crippen molar-refractivity contribution in [1.82, 2.24) is 9.97 Å². The zero-order valence-electron chi connectivity index (χ0n) is 19.4. The molecule has 2 amide bonds. The second kappa shape index (κ2) is 10.6. The maximum absolute atomic E-state index is 13.1. The van der Waals surface area contributed by atoms with Crippen molar-refractivity contribution in [2.75, 3.05) is 18.5 Å². The van der Waals surface area contributed by atoms with E-state index in [1.54, 1.807) is 18.2 Å². The topological polar surface area (TPSA) is 136 Å². The smallest absolute Gasteiger partial charge is 0.257 e. The largest absolute Gasteiger partial charge is 0.490 e. The molecule has 4 rings (SSSR count). The summed E-state index contributed by atoms with van der Waals surface area (Å²) in [4.78, 5) is 44.1. The lowest BCUT2D eigenvalue weighted by molar-refractivity contribution is -0.120. The number of thioether (sulfide) groups is 1. The van der Waals surface area contributed by atoms with Gasteiger partial charge in [0.1, 0.15) is 5.82 Å². The molecule has 0 radical (unpaired) electrons. The Morgan fingerprint density at radius 2 is 1.91 bits per heavy atom. The van der Waals surface area contributed by atoms with Crippen LogP contribution in [0.25, 0.3) is 0 Å². The van der Waals surface area contributed by atoms with Gasteiger partial charge in [0, 0.05) is 18.1 Å². The van der Waals surface area contributed by atoms with E-state index in [2.05, 4.69) is 15.3 Å². The van der Waals surface area contributed by atoms with Crippen LogP contribution in [0.15, 0.2) is 52.4 Å². The summed E-state index contributed by atoms with van der Waals surface area (Å²) in [5.41, 5.74) is 8.23. The van der Waals surface area contributed by atoms with Gasteiger partial charge in [-0.2, -0.15) is 0 Å². The van der Waals surface area contributed by atoms with Crippen LogP contribution < -0.4 is 26.1 Å². The van der Waals surface area contributed by atoms with E-state index in [0.29, 0.717) is 40.1 Å². The SMILES string of the molecule is CCOc1cc([C@H]2CC(=O)Nc3nc(SCc4ccc(C)cc4)[nH]c(=O)c32)ccc1OCC(N)=O. The van der Waals surface area contributed by atoms with Gasteiger partial charge in [-0.3, -0.25) is 14.4 Å². The molecule has 2 heterocycles. The van der Waals surface area contributed by atoms with E-state index in [9.17, 15) is 14.4 Å². The van der Waals surface area contributed by atoms with Crippen LogP contribution in [0.1, 0.15) is 41.5 Å². The minimum atomic E-state index is -0.608. The molecule has 0 aliphatic carbocycles. The molecule has 35 heavy (non-hydrogen) atoms. The standard InChI is InChI=1S/C25H26N4O5S/c1-3-33-19-10-16(8-9-18(19)34-12-20(26)30)17-11-21(31)27-23-22(17)24(32)29-25(28-23)35-13-15-6-4-14(2)5-7-15/h4-10,17H,3,11-13H2,1-2H3,(H2,26,30)(H2,27,28,29,31,32)/t17-/m1/s1. The van der Waals surface area contributed by atoms with Gasteiger partial charge in [-0.1, -0.05) is 47.7 Å². The van der Waals surface area contributed by atoms with Crippen LogP contribution in [-0.2, 0) is 15.3 Å². The second-order valence-electron chi connectivity index (χ2n) is 8.11. The number of carbonyl (C=O) groups excluding carboxylic acids is 2. The molecular weight excluding hydrogens is 468 g/mol. The highest BCUT2D eigenvalue weighted by atomic mass is 32.2. The van der Waals surface area contributed by atoms with E-state index in [-0.39, 0.29) is 30.3 Å². The van der Waals surface area contributed by atoms with Crippen LogP contribution in [0.3, 0.4) is 0 Å². The van der Waals surface area contributed by atoms with Crippen molar-refractivity contribution in [3.8, 4) is 11.5 Å². The van der Waals surface area contributed by atoms with Crippen LogP contribution in [0.2, 0.25) is 0 Å². The molecule has 1 aliphatic heterocycles. The molecule has 3 aromatic rings. The van der Waals surface area contributed by atoms with Gasteiger partial charge in [0.25, 0.3) is 11.5 Å². The maximum atomic E-state index is 13.1. The second-order valence-corrected chi connectivity index (χ2v) is 9.07. The summed E-state index contributed by atoms with van der Waals surface area (Å²) in [6, 6.07) is 13.2. The number of aryl methyl sites for hydroxylation is 1. The summed E-state index contributed by atoms with van der Waals surface area (Å²) >= 11 is 1.39. The first kappa shape index (κ1) is 24.3. The summed E-state index contributed by atoms with van der Waals surface area (Å²) in [5, 5.41) is 3.17. The quantitative estimate of drug-likeness (QED) is 0.307. The van der Waals surface area contributed by atoms with Gasteiger partial charge in [0.05, 0.1) is 12.2 Å². The molecule has 10 heteroatoms. The number of benzene rings is 2. The fraction of sp³-hybridized carbons (Fsp3) is 0.280. The Kier molecular flexibility index (Phi) is 7.40. The number of amides is 2. The molecule has 0 fully saturated rings. The molecule has 4 N–H and O–H groups in total. The summed E-state index contributed by atoms with van der Waals surface area (Å²) < 4.78 is 11.1. The predicted octanol–water partition coefficient (Wildman–Crippen LogP) is 3.11. The van der Waals surface area contributed by atoms with Gasteiger partial charge < -0.3 is 25.5 Å². The van der Waals surface area contributed by atoms with Crippen LogP contribution in [0, 0.1) is 6.92 Å². The predicted molar refractivity (Wildman–Crippen MR) is 133 cm³/mol. The molecule has 0 saturated heterocycles. The van der Waals surface area contributed by atoms with Crippen molar-refractivity contribution in [2.45, 2.75) is 37.1 Å². The Balaban J connectivity index is 1.63. The Hall–Kier alpha value is -3.79. The fourth-order valence-electron chi connectivity index (χ4n) is 3.82. The number of ether oxygens (including phenoxy) is 2. The van der Waals surface area contributed by atoms with E-state index >= 15 is 0 Å². The van der Waals surface area contributed by atoms with E-state index in [1.165, 1.54) is 17.3 Å². The maximum Gasteiger partial charge on any atom is 0.257 e. The lowest BCUT2D eigenvalue weighted by Gasteiger charge is -2.25. The van der Waals surface area contributed by atoms with Crippen molar-refractivity contribution in [3.63, 3.8) is 0 Å². The summed E-state index contributed by atoms with van der Waals surface area (Å²) in [6.45, 7) is 3.92. The first-order chi connectivity index (χ1) is 16.8.